The predicted octanol–water partition coefficient (Wildman–Crippen LogP) is 2.93. The Balaban J connectivity index is 2.02. The summed E-state index contributed by atoms with van der Waals surface area (Å²) in [6.45, 7) is 5.25. The number of ether oxygens (including phenoxy) is 1. The lowest BCUT2D eigenvalue weighted by molar-refractivity contribution is -0.0530. The van der Waals surface area contributed by atoms with E-state index in [1.54, 1.807) is 0 Å². The van der Waals surface area contributed by atoms with Gasteiger partial charge >= 0.3 is 6.03 Å². The quantitative estimate of drug-likeness (QED) is 0.783. The first-order chi connectivity index (χ1) is 8.56. The molecule has 1 aliphatic rings. The Bertz CT molecular complexity index is 429. The summed E-state index contributed by atoms with van der Waals surface area (Å²) < 4.78 is 6.66. The summed E-state index contributed by atoms with van der Waals surface area (Å²) in [4.78, 5) is 14.0. The van der Waals surface area contributed by atoms with Gasteiger partial charge in [-0.15, -0.1) is 0 Å². The Morgan fingerprint density at radius 2 is 1.94 bits per heavy atom. The average molecular weight is 360 g/mol. The van der Waals surface area contributed by atoms with E-state index in [1.165, 1.54) is 0 Å². The summed E-state index contributed by atoms with van der Waals surface area (Å²) in [5.41, 5.74) is 0.856. The van der Waals surface area contributed by atoms with Crippen LogP contribution in [0, 0.1) is 3.57 Å². The summed E-state index contributed by atoms with van der Waals surface area (Å²) in [5.74, 6) is 0. The lowest BCUT2D eigenvalue weighted by atomic mass is 10.2. The van der Waals surface area contributed by atoms with Crippen LogP contribution in [-0.2, 0) is 4.74 Å². The van der Waals surface area contributed by atoms with Gasteiger partial charge in [0, 0.05) is 16.7 Å². The first-order valence-corrected chi connectivity index (χ1v) is 7.10. The molecule has 2 amide bonds. The largest absolute Gasteiger partial charge is 0.372 e. The van der Waals surface area contributed by atoms with Gasteiger partial charge in [0.25, 0.3) is 0 Å². The zero-order valence-electron chi connectivity index (χ0n) is 10.5. The van der Waals surface area contributed by atoms with Crippen LogP contribution in [0.1, 0.15) is 13.8 Å². The highest BCUT2D eigenvalue weighted by Crippen LogP contribution is 2.18. The van der Waals surface area contributed by atoms with Gasteiger partial charge in [-0.3, -0.25) is 0 Å². The number of carbonyl (C=O) groups is 1. The maximum absolute atomic E-state index is 12.2. The van der Waals surface area contributed by atoms with Gasteiger partial charge in [-0.2, -0.15) is 0 Å². The minimum Gasteiger partial charge on any atom is -0.372 e. The number of nitrogens with zero attached hydrogens (tertiary/aromatic N) is 1. The molecule has 4 nitrogen and oxygen atoms in total. The van der Waals surface area contributed by atoms with Gasteiger partial charge in [0.15, 0.2) is 0 Å². The Morgan fingerprint density at radius 3 is 2.56 bits per heavy atom. The summed E-state index contributed by atoms with van der Waals surface area (Å²) in [6.07, 6.45) is 0.184. The third kappa shape index (κ3) is 3.35. The molecule has 18 heavy (non-hydrogen) atoms. The summed E-state index contributed by atoms with van der Waals surface area (Å²) in [6, 6.07) is 7.70. The van der Waals surface area contributed by atoms with E-state index in [-0.39, 0.29) is 18.2 Å². The van der Waals surface area contributed by atoms with E-state index in [0.717, 1.165) is 9.26 Å². The van der Waals surface area contributed by atoms with Gasteiger partial charge in [-0.25, -0.2) is 4.79 Å². The van der Waals surface area contributed by atoms with Crippen molar-refractivity contribution in [3.8, 4) is 0 Å². The minimum absolute atomic E-state index is 0.0545. The SMILES string of the molecule is C[C@@H]1CN(C(=O)Nc2ccccc2I)C[C@H](C)O1. The molecule has 1 heterocycles. The fourth-order valence-electron chi connectivity index (χ4n) is 2.10. The molecule has 1 saturated heterocycles. The second-order valence-corrected chi connectivity index (χ2v) is 5.73. The lowest BCUT2D eigenvalue weighted by Gasteiger charge is -2.35. The van der Waals surface area contributed by atoms with Crippen molar-refractivity contribution in [3.63, 3.8) is 0 Å². The van der Waals surface area contributed by atoms with Gasteiger partial charge in [0.1, 0.15) is 0 Å². The zero-order valence-corrected chi connectivity index (χ0v) is 12.7. The molecule has 2 atom stereocenters. The molecule has 0 spiro atoms. The predicted molar refractivity (Wildman–Crippen MR) is 79.8 cm³/mol. The van der Waals surface area contributed by atoms with Crippen molar-refractivity contribution in [1.29, 1.82) is 0 Å². The first kappa shape index (κ1) is 13.6. The first-order valence-electron chi connectivity index (χ1n) is 6.02. The smallest absolute Gasteiger partial charge is 0.322 e. The molecular weight excluding hydrogens is 343 g/mol. The van der Waals surface area contributed by atoms with Crippen molar-refractivity contribution in [2.45, 2.75) is 26.1 Å². The Hall–Kier alpha value is -0.820. The van der Waals surface area contributed by atoms with Gasteiger partial charge in [-0.05, 0) is 48.6 Å². The van der Waals surface area contributed by atoms with E-state index in [9.17, 15) is 4.79 Å². The number of rotatable bonds is 1. The Labute approximate surface area is 121 Å². The molecule has 0 radical (unpaired) electrons. The van der Waals surface area contributed by atoms with Crippen LogP contribution in [-0.4, -0.2) is 36.2 Å². The van der Waals surface area contributed by atoms with E-state index in [0.29, 0.717) is 13.1 Å². The van der Waals surface area contributed by atoms with E-state index < -0.39 is 0 Å². The van der Waals surface area contributed by atoms with Gasteiger partial charge in [0.05, 0.1) is 17.9 Å². The number of halogens is 1. The number of benzene rings is 1. The number of anilines is 1. The molecule has 0 bridgehead atoms. The fraction of sp³-hybridized carbons (Fsp3) is 0.462. The fourth-order valence-corrected chi connectivity index (χ4v) is 2.62. The van der Waals surface area contributed by atoms with E-state index in [2.05, 4.69) is 27.9 Å². The molecule has 0 aromatic heterocycles. The molecule has 1 N–H and O–H groups in total. The Morgan fingerprint density at radius 1 is 1.33 bits per heavy atom. The van der Waals surface area contributed by atoms with Crippen molar-refractivity contribution in [2.24, 2.45) is 0 Å². The van der Waals surface area contributed by atoms with Crippen molar-refractivity contribution < 1.29 is 9.53 Å². The van der Waals surface area contributed by atoms with Crippen molar-refractivity contribution >= 4 is 34.3 Å². The molecule has 0 unspecified atom stereocenters. The van der Waals surface area contributed by atoms with Crippen LogP contribution >= 0.6 is 22.6 Å². The molecule has 1 aliphatic heterocycles. The molecule has 0 saturated carbocycles. The highest BCUT2D eigenvalue weighted by atomic mass is 127. The number of carbonyl (C=O) groups excluding carboxylic acids is 1. The van der Waals surface area contributed by atoms with Gasteiger partial charge in [-0.1, -0.05) is 12.1 Å². The van der Waals surface area contributed by atoms with E-state index in [4.69, 9.17) is 4.74 Å². The second-order valence-electron chi connectivity index (χ2n) is 4.57. The third-order valence-corrected chi connectivity index (χ3v) is 3.76. The maximum Gasteiger partial charge on any atom is 0.322 e. The van der Waals surface area contributed by atoms with Crippen molar-refractivity contribution in [2.75, 3.05) is 18.4 Å². The minimum atomic E-state index is -0.0545. The molecule has 5 heteroatoms. The number of amides is 2. The summed E-state index contributed by atoms with van der Waals surface area (Å²) >= 11 is 2.21. The van der Waals surface area contributed by atoms with Crippen LogP contribution in [0.2, 0.25) is 0 Å². The van der Waals surface area contributed by atoms with Gasteiger partial charge < -0.3 is 15.0 Å². The lowest BCUT2D eigenvalue weighted by Crippen LogP contribution is -2.49. The highest BCUT2D eigenvalue weighted by Gasteiger charge is 2.25. The topological polar surface area (TPSA) is 41.6 Å². The number of para-hydroxylation sites is 1. The van der Waals surface area contributed by atoms with Crippen LogP contribution < -0.4 is 5.32 Å². The van der Waals surface area contributed by atoms with E-state index in [1.807, 2.05) is 43.0 Å². The molecule has 98 valence electrons. The number of hydrogen-bond acceptors (Lipinski definition) is 2. The number of hydrogen-bond donors (Lipinski definition) is 1. The van der Waals surface area contributed by atoms with Crippen molar-refractivity contribution in [1.82, 2.24) is 4.90 Å². The number of nitrogens with one attached hydrogen (secondary N) is 1. The summed E-state index contributed by atoms with van der Waals surface area (Å²) in [7, 11) is 0. The second kappa shape index (κ2) is 5.88. The molecule has 1 aromatic carbocycles. The molecular formula is C13H17IN2O2. The summed E-state index contributed by atoms with van der Waals surface area (Å²) in [5, 5.41) is 2.94. The van der Waals surface area contributed by atoms with Crippen molar-refractivity contribution in [3.05, 3.63) is 27.8 Å². The van der Waals surface area contributed by atoms with Crippen LogP contribution in [0.4, 0.5) is 10.5 Å². The van der Waals surface area contributed by atoms with Crippen LogP contribution in [0.5, 0.6) is 0 Å². The normalized spacial score (nSPS) is 23.8. The van der Waals surface area contributed by atoms with Gasteiger partial charge in [0.2, 0.25) is 0 Å². The maximum atomic E-state index is 12.2. The van der Waals surface area contributed by atoms with Crippen LogP contribution in [0.3, 0.4) is 0 Å². The molecule has 2 rings (SSSR count). The third-order valence-electron chi connectivity index (χ3n) is 2.82. The monoisotopic (exact) mass is 360 g/mol. The standard InChI is InChI=1S/C13H17IN2O2/c1-9-7-16(8-10(2)18-9)13(17)15-12-6-4-3-5-11(12)14/h3-6,9-10H,7-8H2,1-2H3,(H,15,17)/t9-,10+. The molecule has 1 aromatic rings. The van der Waals surface area contributed by atoms with Crippen LogP contribution in [0.15, 0.2) is 24.3 Å². The molecule has 1 fully saturated rings. The van der Waals surface area contributed by atoms with E-state index >= 15 is 0 Å². The molecule has 0 aliphatic carbocycles. The average Bonchev–Trinajstić information content (AvgIpc) is 2.31. The zero-order chi connectivity index (χ0) is 13.1. The highest BCUT2D eigenvalue weighted by molar-refractivity contribution is 14.1. The number of urea groups is 1. The number of morpholine rings is 1. The Kier molecular flexibility index (Phi) is 4.45. The van der Waals surface area contributed by atoms with Crippen LogP contribution in [0.25, 0.3) is 0 Å².